The number of anilines is 1. The Labute approximate surface area is 170 Å². The lowest BCUT2D eigenvalue weighted by molar-refractivity contribution is -0.116. The van der Waals surface area contributed by atoms with Crippen LogP contribution in [0.3, 0.4) is 0 Å². The highest BCUT2D eigenvalue weighted by molar-refractivity contribution is 6.31. The maximum absolute atomic E-state index is 12.7. The standard InChI is InChI=1S/C21H18ClN3O4/c1-11-4-5-17-13(6-11)20-14(21(27)29-17)9-23-25(20)10-19(26)24-16-7-12(2)15(22)8-18(16)28-3/h4-9H,10H2,1-3H3,(H,24,26). The second-order valence-corrected chi connectivity index (χ2v) is 7.21. The van der Waals surface area contributed by atoms with E-state index in [1.165, 1.54) is 18.0 Å². The molecule has 0 saturated carbocycles. The molecule has 0 aliphatic rings. The van der Waals surface area contributed by atoms with Crippen molar-refractivity contribution in [1.82, 2.24) is 9.78 Å². The first kappa shape index (κ1) is 19.0. The summed E-state index contributed by atoms with van der Waals surface area (Å²) in [7, 11) is 1.51. The van der Waals surface area contributed by atoms with Gasteiger partial charge in [-0.15, -0.1) is 0 Å². The van der Waals surface area contributed by atoms with E-state index in [1.54, 1.807) is 18.2 Å². The minimum Gasteiger partial charge on any atom is -0.495 e. The third-order valence-corrected chi connectivity index (χ3v) is 5.11. The largest absolute Gasteiger partial charge is 0.495 e. The van der Waals surface area contributed by atoms with Crippen LogP contribution in [0, 0.1) is 13.8 Å². The number of amides is 1. The Balaban J connectivity index is 1.73. The molecule has 0 spiro atoms. The molecule has 1 amide bonds. The predicted molar refractivity (Wildman–Crippen MR) is 112 cm³/mol. The summed E-state index contributed by atoms with van der Waals surface area (Å²) in [5, 5.41) is 8.66. The Morgan fingerprint density at radius 1 is 1.24 bits per heavy atom. The van der Waals surface area contributed by atoms with Crippen LogP contribution in [-0.4, -0.2) is 22.8 Å². The third-order valence-electron chi connectivity index (χ3n) is 4.70. The molecule has 0 fully saturated rings. The number of nitrogens with zero attached hydrogens (tertiary/aromatic N) is 2. The van der Waals surface area contributed by atoms with Crippen molar-refractivity contribution in [2.75, 3.05) is 12.4 Å². The summed E-state index contributed by atoms with van der Waals surface area (Å²) in [6, 6.07) is 8.90. The fraction of sp³-hybridized carbons (Fsp3) is 0.190. The molecule has 8 heteroatoms. The van der Waals surface area contributed by atoms with Gasteiger partial charge in [0.1, 0.15) is 23.3 Å². The van der Waals surface area contributed by atoms with Gasteiger partial charge in [0.05, 0.1) is 24.5 Å². The number of benzene rings is 2. The van der Waals surface area contributed by atoms with Gasteiger partial charge >= 0.3 is 5.63 Å². The van der Waals surface area contributed by atoms with Crippen molar-refractivity contribution in [3.8, 4) is 5.75 Å². The average molecular weight is 412 g/mol. The minimum absolute atomic E-state index is 0.0825. The van der Waals surface area contributed by atoms with E-state index in [9.17, 15) is 9.59 Å². The Bertz CT molecular complexity index is 1320. The maximum Gasteiger partial charge on any atom is 0.347 e. The molecule has 0 saturated heterocycles. The molecule has 29 heavy (non-hydrogen) atoms. The summed E-state index contributed by atoms with van der Waals surface area (Å²) in [6.07, 6.45) is 1.42. The number of halogens is 1. The third kappa shape index (κ3) is 3.45. The van der Waals surface area contributed by atoms with Gasteiger partial charge in [0.15, 0.2) is 0 Å². The van der Waals surface area contributed by atoms with Gasteiger partial charge in [0.2, 0.25) is 5.91 Å². The van der Waals surface area contributed by atoms with Crippen LogP contribution in [0.1, 0.15) is 11.1 Å². The molecule has 1 N–H and O–H groups in total. The Hall–Kier alpha value is -3.32. The number of aryl methyl sites for hydroxylation is 2. The van der Waals surface area contributed by atoms with Crippen LogP contribution in [0.25, 0.3) is 21.9 Å². The predicted octanol–water partition coefficient (Wildman–Crippen LogP) is 4.06. The van der Waals surface area contributed by atoms with Gasteiger partial charge in [-0.05, 0) is 37.6 Å². The van der Waals surface area contributed by atoms with E-state index in [1.807, 2.05) is 26.0 Å². The van der Waals surface area contributed by atoms with Crippen molar-refractivity contribution in [1.29, 1.82) is 0 Å². The van der Waals surface area contributed by atoms with Crippen molar-refractivity contribution in [2.45, 2.75) is 20.4 Å². The molecule has 2 aromatic heterocycles. The highest BCUT2D eigenvalue weighted by Crippen LogP contribution is 2.31. The van der Waals surface area contributed by atoms with E-state index in [4.69, 9.17) is 20.8 Å². The molecule has 0 unspecified atom stereocenters. The van der Waals surface area contributed by atoms with Gasteiger partial charge in [0, 0.05) is 16.5 Å². The van der Waals surface area contributed by atoms with E-state index in [0.717, 1.165) is 16.5 Å². The monoisotopic (exact) mass is 411 g/mol. The Kier molecular flexibility index (Phi) is 4.76. The minimum atomic E-state index is -0.488. The number of hydrogen-bond acceptors (Lipinski definition) is 5. The summed E-state index contributed by atoms with van der Waals surface area (Å²) in [5.41, 5.74) is 2.85. The molecule has 0 atom stereocenters. The number of hydrogen-bond donors (Lipinski definition) is 1. The van der Waals surface area contributed by atoms with E-state index >= 15 is 0 Å². The van der Waals surface area contributed by atoms with Gasteiger partial charge in [-0.2, -0.15) is 5.10 Å². The molecule has 4 rings (SSSR count). The van der Waals surface area contributed by atoms with Crippen molar-refractivity contribution >= 4 is 45.1 Å². The lowest BCUT2D eigenvalue weighted by Crippen LogP contribution is -2.20. The zero-order valence-electron chi connectivity index (χ0n) is 16.1. The molecule has 2 aromatic carbocycles. The molecule has 0 bridgehead atoms. The Morgan fingerprint density at radius 3 is 2.79 bits per heavy atom. The van der Waals surface area contributed by atoms with Crippen molar-refractivity contribution in [3.05, 3.63) is 63.1 Å². The zero-order valence-corrected chi connectivity index (χ0v) is 16.8. The smallest absolute Gasteiger partial charge is 0.347 e. The number of carbonyl (C=O) groups is 1. The number of carbonyl (C=O) groups excluding carboxylic acids is 1. The highest BCUT2D eigenvalue weighted by Gasteiger charge is 2.16. The van der Waals surface area contributed by atoms with Crippen LogP contribution in [0.4, 0.5) is 5.69 Å². The highest BCUT2D eigenvalue weighted by atomic mass is 35.5. The van der Waals surface area contributed by atoms with Crippen molar-refractivity contribution in [2.24, 2.45) is 0 Å². The van der Waals surface area contributed by atoms with Crippen LogP contribution in [0.15, 0.2) is 45.7 Å². The van der Waals surface area contributed by atoms with Crippen molar-refractivity contribution in [3.63, 3.8) is 0 Å². The number of aromatic nitrogens is 2. The topological polar surface area (TPSA) is 86.4 Å². The molecule has 0 aliphatic carbocycles. The summed E-state index contributed by atoms with van der Waals surface area (Å²) < 4.78 is 12.2. The molecule has 2 heterocycles. The first-order valence-corrected chi connectivity index (χ1v) is 9.28. The summed E-state index contributed by atoms with van der Waals surface area (Å²) in [4.78, 5) is 25.0. The number of fused-ring (bicyclic) bond motifs is 3. The van der Waals surface area contributed by atoms with Crippen molar-refractivity contribution < 1.29 is 13.9 Å². The number of rotatable bonds is 4. The number of nitrogens with one attached hydrogen (secondary N) is 1. The first-order valence-electron chi connectivity index (χ1n) is 8.90. The maximum atomic E-state index is 12.7. The summed E-state index contributed by atoms with van der Waals surface area (Å²) in [6.45, 7) is 3.70. The fourth-order valence-corrected chi connectivity index (χ4v) is 3.42. The van der Waals surface area contributed by atoms with Crippen LogP contribution >= 0.6 is 11.6 Å². The van der Waals surface area contributed by atoms with Crippen LogP contribution in [0.5, 0.6) is 5.75 Å². The van der Waals surface area contributed by atoms with Crippen LogP contribution in [-0.2, 0) is 11.3 Å². The quantitative estimate of drug-likeness (QED) is 0.512. The molecule has 0 radical (unpaired) electrons. The second kappa shape index (κ2) is 7.25. The summed E-state index contributed by atoms with van der Waals surface area (Å²) >= 11 is 6.12. The SMILES string of the molecule is COc1cc(Cl)c(C)cc1NC(=O)Cn1ncc2c(=O)oc3ccc(C)cc3c21. The van der Waals surface area contributed by atoms with Gasteiger partial charge in [-0.3, -0.25) is 9.48 Å². The Morgan fingerprint density at radius 2 is 2.03 bits per heavy atom. The van der Waals surface area contributed by atoms with E-state index in [0.29, 0.717) is 32.9 Å². The average Bonchev–Trinajstić information content (AvgIpc) is 3.09. The molecule has 0 aliphatic heterocycles. The molecule has 4 aromatic rings. The normalized spacial score (nSPS) is 11.2. The number of ether oxygens (including phenoxy) is 1. The number of methoxy groups -OCH3 is 1. The lowest BCUT2D eigenvalue weighted by Gasteiger charge is -2.13. The first-order chi connectivity index (χ1) is 13.9. The summed E-state index contributed by atoms with van der Waals surface area (Å²) in [5.74, 6) is 0.144. The van der Waals surface area contributed by atoms with Crippen LogP contribution < -0.4 is 15.7 Å². The molecular weight excluding hydrogens is 394 g/mol. The van der Waals surface area contributed by atoms with Gasteiger partial charge < -0.3 is 14.5 Å². The molecule has 148 valence electrons. The van der Waals surface area contributed by atoms with Gasteiger partial charge in [0.25, 0.3) is 0 Å². The van der Waals surface area contributed by atoms with Gasteiger partial charge in [-0.1, -0.05) is 23.2 Å². The lowest BCUT2D eigenvalue weighted by atomic mass is 10.1. The van der Waals surface area contributed by atoms with E-state index in [2.05, 4.69) is 10.4 Å². The molecule has 7 nitrogen and oxygen atoms in total. The fourth-order valence-electron chi connectivity index (χ4n) is 3.27. The molecular formula is C21H18ClN3O4. The van der Waals surface area contributed by atoms with Gasteiger partial charge in [-0.25, -0.2) is 4.79 Å². The van der Waals surface area contributed by atoms with E-state index in [-0.39, 0.29) is 12.5 Å². The van der Waals surface area contributed by atoms with Crippen LogP contribution in [0.2, 0.25) is 5.02 Å². The van der Waals surface area contributed by atoms with E-state index < -0.39 is 5.63 Å². The zero-order chi connectivity index (χ0) is 20.7. The second-order valence-electron chi connectivity index (χ2n) is 6.80.